The van der Waals surface area contributed by atoms with Gasteiger partial charge in [0.15, 0.2) is 0 Å². The molecule has 0 aliphatic carbocycles. The summed E-state index contributed by atoms with van der Waals surface area (Å²) in [7, 11) is 0. The number of amides is 1. The van der Waals surface area contributed by atoms with E-state index in [1.54, 1.807) is 18.2 Å². The number of halogens is 2. The first-order valence-electron chi connectivity index (χ1n) is 8.93. The van der Waals surface area contributed by atoms with Crippen LogP contribution in [0.25, 0.3) is 0 Å². The Hall–Kier alpha value is -1.12. The number of hydrogen-bond acceptors (Lipinski definition) is 4. The van der Waals surface area contributed by atoms with Crippen molar-refractivity contribution in [2.45, 2.75) is 38.0 Å². The highest BCUT2D eigenvalue weighted by molar-refractivity contribution is 7.90. The minimum Gasteiger partial charge on any atom is -0.598 e. The van der Waals surface area contributed by atoms with Gasteiger partial charge in [0, 0.05) is 42.0 Å². The normalized spacial score (nSPS) is 19.4. The highest BCUT2D eigenvalue weighted by Gasteiger charge is 2.39. The van der Waals surface area contributed by atoms with Crippen molar-refractivity contribution in [1.82, 2.24) is 9.62 Å². The van der Waals surface area contributed by atoms with Crippen LogP contribution in [0.3, 0.4) is 0 Å². The van der Waals surface area contributed by atoms with Gasteiger partial charge in [-0.05, 0) is 33.3 Å². The third-order valence-electron chi connectivity index (χ3n) is 4.50. The summed E-state index contributed by atoms with van der Waals surface area (Å²) in [6, 6.07) is 2.91. The Balaban J connectivity index is 2.44. The van der Waals surface area contributed by atoms with Crippen molar-refractivity contribution in [3.8, 4) is 5.75 Å². The Morgan fingerprint density at radius 2 is 2.14 bits per heavy atom. The highest BCUT2D eigenvalue weighted by Crippen LogP contribution is 2.40. The van der Waals surface area contributed by atoms with E-state index >= 15 is 0 Å². The predicted octanol–water partition coefficient (Wildman–Crippen LogP) is 4.65. The van der Waals surface area contributed by atoms with E-state index < -0.39 is 28.2 Å². The third kappa shape index (κ3) is 5.70. The largest absolute Gasteiger partial charge is 0.598 e. The van der Waals surface area contributed by atoms with Gasteiger partial charge in [0.05, 0.1) is 16.1 Å². The molecule has 28 heavy (non-hydrogen) atoms. The van der Waals surface area contributed by atoms with Crippen LogP contribution in [-0.4, -0.2) is 45.1 Å². The van der Waals surface area contributed by atoms with Crippen LogP contribution in [0.2, 0.25) is 10.0 Å². The van der Waals surface area contributed by atoms with Crippen molar-refractivity contribution >= 4 is 40.7 Å². The first kappa shape index (κ1) is 23.2. The van der Waals surface area contributed by atoms with Crippen molar-refractivity contribution in [3.63, 3.8) is 0 Å². The standard InChI is InChI=1S/C19H26Cl2N2O4S/c1-5-8-27-16-10-15(21)14(20)9-13(16)17(22-28(26)19(2,3)4)12-6-7-23(11-12)18(24)25/h5,9-10,12,17,22H,1,6-8,11H2,2-4H3,(H,24,25)/t12-,17?,28?/m0/s1. The molecule has 0 radical (unpaired) electrons. The van der Waals surface area contributed by atoms with E-state index in [4.69, 9.17) is 27.9 Å². The second kappa shape index (κ2) is 9.59. The van der Waals surface area contributed by atoms with E-state index in [-0.39, 0.29) is 12.5 Å². The molecule has 9 heteroatoms. The van der Waals surface area contributed by atoms with Gasteiger partial charge in [0.1, 0.15) is 17.1 Å². The molecule has 1 aliphatic rings. The summed E-state index contributed by atoms with van der Waals surface area (Å²) in [5.74, 6) is 0.414. The molecule has 1 aromatic rings. The maximum atomic E-state index is 12.9. The number of likely N-dealkylation sites (tertiary alicyclic amines) is 1. The van der Waals surface area contributed by atoms with Crippen LogP contribution >= 0.6 is 23.2 Å². The van der Waals surface area contributed by atoms with Gasteiger partial charge in [0.2, 0.25) is 0 Å². The molecule has 2 rings (SSSR count). The summed E-state index contributed by atoms with van der Waals surface area (Å²) >= 11 is 11.0. The van der Waals surface area contributed by atoms with E-state index in [0.29, 0.717) is 40.9 Å². The number of carboxylic acid groups (broad SMARTS) is 1. The van der Waals surface area contributed by atoms with Crippen LogP contribution in [0.5, 0.6) is 5.75 Å². The molecular weight excluding hydrogens is 423 g/mol. The summed E-state index contributed by atoms with van der Waals surface area (Å²) in [6.07, 6.45) is 1.28. The average molecular weight is 449 g/mol. The Morgan fingerprint density at radius 1 is 1.50 bits per heavy atom. The minimum absolute atomic E-state index is 0.0919. The van der Waals surface area contributed by atoms with Crippen LogP contribution < -0.4 is 9.46 Å². The molecule has 6 nitrogen and oxygen atoms in total. The Labute approximate surface area is 179 Å². The smallest absolute Gasteiger partial charge is 0.407 e. The molecule has 2 N–H and O–H groups in total. The van der Waals surface area contributed by atoms with Crippen LogP contribution in [0.1, 0.15) is 38.8 Å². The Kier molecular flexibility index (Phi) is 7.93. The van der Waals surface area contributed by atoms with E-state index in [2.05, 4.69) is 11.3 Å². The Bertz CT molecular complexity index is 727. The van der Waals surface area contributed by atoms with E-state index in [0.717, 1.165) is 0 Å². The molecular formula is C19H26Cl2N2O4S. The second-order valence-electron chi connectivity index (χ2n) is 7.66. The fraction of sp³-hybridized carbons (Fsp3) is 0.526. The SMILES string of the molecule is C=CCOc1cc(Cl)c(Cl)cc1C(N[S+]([O-])C(C)(C)C)[C@H]1CCN(C(=O)O)C1. The quantitative estimate of drug-likeness (QED) is 0.468. The monoisotopic (exact) mass is 448 g/mol. The van der Waals surface area contributed by atoms with Crippen LogP contribution in [-0.2, 0) is 11.4 Å². The molecule has 0 spiro atoms. The van der Waals surface area contributed by atoms with Crippen LogP contribution in [0.4, 0.5) is 4.79 Å². The molecule has 0 saturated carbocycles. The number of carbonyl (C=O) groups is 1. The third-order valence-corrected chi connectivity index (χ3v) is 6.80. The number of benzene rings is 1. The zero-order valence-corrected chi connectivity index (χ0v) is 18.5. The zero-order valence-electron chi connectivity index (χ0n) is 16.2. The summed E-state index contributed by atoms with van der Waals surface area (Å²) in [5, 5.41) is 10.0. The van der Waals surface area contributed by atoms with Crippen LogP contribution in [0.15, 0.2) is 24.8 Å². The minimum atomic E-state index is -1.38. The van der Waals surface area contributed by atoms with E-state index in [1.807, 2.05) is 20.8 Å². The van der Waals surface area contributed by atoms with E-state index in [1.165, 1.54) is 4.90 Å². The Morgan fingerprint density at radius 3 is 2.68 bits per heavy atom. The summed E-state index contributed by atoms with van der Waals surface area (Å²) < 4.78 is 21.3. The van der Waals surface area contributed by atoms with Crippen molar-refractivity contribution in [2.24, 2.45) is 5.92 Å². The lowest BCUT2D eigenvalue weighted by atomic mass is 9.92. The van der Waals surface area contributed by atoms with E-state index in [9.17, 15) is 14.5 Å². The summed E-state index contributed by atoms with van der Waals surface area (Å²) in [4.78, 5) is 12.7. The first-order chi connectivity index (χ1) is 13.0. The van der Waals surface area contributed by atoms with Gasteiger partial charge in [-0.3, -0.25) is 0 Å². The second-order valence-corrected chi connectivity index (χ2v) is 10.5. The van der Waals surface area contributed by atoms with Gasteiger partial charge in [-0.25, -0.2) is 4.79 Å². The number of hydrogen-bond donors (Lipinski definition) is 2. The number of ether oxygens (including phenoxy) is 1. The molecule has 1 aromatic carbocycles. The molecule has 0 aromatic heterocycles. The lowest BCUT2D eigenvalue weighted by molar-refractivity contribution is 0.153. The molecule has 2 unspecified atom stereocenters. The first-order valence-corrected chi connectivity index (χ1v) is 10.8. The summed E-state index contributed by atoms with van der Waals surface area (Å²) in [5.41, 5.74) is 0.700. The number of nitrogens with one attached hydrogen (secondary N) is 1. The molecule has 156 valence electrons. The molecule has 0 bridgehead atoms. The molecule has 1 amide bonds. The van der Waals surface area contributed by atoms with Gasteiger partial charge in [0.25, 0.3) is 0 Å². The molecule has 1 saturated heterocycles. The molecule has 1 fully saturated rings. The van der Waals surface area contributed by atoms with Crippen molar-refractivity contribution < 1.29 is 19.2 Å². The fourth-order valence-corrected chi connectivity index (χ4v) is 4.23. The maximum Gasteiger partial charge on any atom is 0.407 e. The topological polar surface area (TPSA) is 84.9 Å². The van der Waals surface area contributed by atoms with Gasteiger partial charge in [-0.2, -0.15) is 0 Å². The average Bonchev–Trinajstić information content (AvgIpc) is 3.09. The van der Waals surface area contributed by atoms with Gasteiger partial charge in [-0.15, -0.1) is 4.72 Å². The number of nitrogens with zero attached hydrogens (tertiary/aromatic N) is 1. The van der Waals surface area contributed by atoms with Crippen molar-refractivity contribution in [3.05, 3.63) is 40.4 Å². The lowest BCUT2D eigenvalue weighted by Crippen LogP contribution is -2.44. The van der Waals surface area contributed by atoms with Crippen molar-refractivity contribution in [2.75, 3.05) is 19.7 Å². The fourth-order valence-electron chi connectivity index (χ4n) is 3.00. The van der Waals surface area contributed by atoms with Gasteiger partial charge >= 0.3 is 6.09 Å². The van der Waals surface area contributed by atoms with Crippen molar-refractivity contribution in [1.29, 1.82) is 0 Å². The number of rotatable bonds is 7. The highest BCUT2D eigenvalue weighted by atomic mass is 35.5. The molecule has 1 heterocycles. The zero-order chi connectivity index (χ0) is 21.1. The molecule has 1 aliphatic heterocycles. The van der Waals surface area contributed by atoms with Gasteiger partial charge < -0.3 is 19.3 Å². The predicted molar refractivity (Wildman–Crippen MR) is 114 cm³/mol. The lowest BCUT2D eigenvalue weighted by Gasteiger charge is -2.32. The molecule has 3 atom stereocenters. The summed E-state index contributed by atoms with van der Waals surface area (Å²) in [6.45, 7) is 10.3. The van der Waals surface area contributed by atoms with Gasteiger partial charge in [-0.1, -0.05) is 35.9 Å². The van der Waals surface area contributed by atoms with Crippen LogP contribution in [0, 0.1) is 5.92 Å². The maximum absolute atomic E-state index is 12.9.